The third kappa shape index (κ3) is 5.61. The quantitative estimate of drug-likeness (QED) is 0.502. The molecule has 0 bridgehead atoms. The molecule has 0 saturated heterocycles. The molecule has 0 aliphatic rings. The highest BCUT2D eigenvalue weighted by Gasteiger charge is 2.06. The zero-order chi connectivity index (χ0) is 17.4. The number of fused-ring (bicyclic) bond motifs is 1. The molecule has 6 nitrogen and oxygen atoms in total. The molecule has 0 radical (unpaired) electrons. The fraction of sp³-hybridized carbons (Fsp3) is 0.444. The van der Waals surface area contributed by atoms with E-state index < -0.39 is 5.97 Å². The van der Waals surface area contributed by atoms with Gasteiger partial charge in [0.15, 0.2) is 0 Å². The molecule has 0 saturated carbocycles. The lowest BCUT2D eigenvalue weighted by Gasteiger charge is -2.05. The monoisotopic (exact) mass is 332 g/mol. The van der Waals surface area contributed by atoms with Crippen LogP contribution in [0.25, 0.3) is 10.9 Å². The van der Waals surface area contributed by atoms with Gasteiger partial charge in [-0.05, 0) is 43.0 Å². The minimum Gasteiger partial charge on any atom is -0.508 e. The van der Waals surface area contributed by atoms with E-state index in [2.05, 4.69) is 10.3 Å². The molecule has 4 N–H and O–H groups in total. The third-order valence-electron chi connectivity index (χ3n) is 4.01. The number of carbonyl (C=O) groups is 2. The summed E-state index contributed by atoms with van der Waals surface area (Å²) in [5.41, 5.74) is 2.03. The van der Waals surface area contributed by atoms with E-state index in [-0.39, 0.29) is 18.1 Å². The molecular formula is C18H24N2O4. The molecule has 1 aromatic heterocycles. The van der Waals surface area contributed by atoms with Gasteiger partial charge in [0.25, 0.3) is 0 Å². The summed E-state index contributed by atoms with van der Waals surface area (Å²) >= 11 is 0. The summed E-state index contributed by atoms with van der Waals surface area (Å²) in [4.78, 5) is 25.3. The predicted molar refractivity (Wildman–Crippen MR) is 92.0 cm³/mol. The first-order valence-corrected chi connectivity index (χ1v) is 8.34. The molecule has 24 heavy (non-hydrogen) atoms. The predicted octanol–water partition coefficient (Wildman–Crippen LogP) is 2.96. The number of phenols is 1. The number of nitrogens with one attached hydrogen (secondary N) is 2. The second-order valence-electron chi connectivity index (χ2n) is 5.95. The molecule has 0 fully saturated rings. The second-order valence-corrected chi connectivity index (χ2v) is 5.95. The van der Waals surface area contributed by atoms with Crippen LogP contribution in [0.15, 0.2) is 24.4 Å². The van der Waals surface area contributed by atoms with E-state index in [1.54, 1.807) is 12.1 Å². The highest BCUT2D eigenvalue weighted by atomic mass is 16.4. The Morgan fingerprint density at radius 1 is 1.08 bits per heavy atom. The zero-order valence-corrected chi connectivity index (χ0v) is 13.7. The normalized spacial score (nSPS) is 10.8. The van der Waals surface area contributed by atoms with Gasteiger partial charge in [-0.25, -0.2) is 0 Å². The number of hydrogen-bond acceptors (Lipinski definition) is 3. The summed E-state index contributed by atoms with van der Waals surface area (Å²) in [7, 11) is 0. The number of carbonyl (C=O) groups excluding carboxylic acids is 1. The second kappa shape index (κ2) is 8.96. The van der Waals surface area contributed by atoms with E-state index in [1.807, 2.05) is 12.3 Å². The van der Waals surface area contributed by atoms with Gasteiger partial charge < -0.3 is 20.5 Å². The molecule has 2 rings (SSSR count). The molecule has 0 spiro atoms. The average Bonchev–Trinajstić information content (AvgIpc) is 2.93. The average molecular weight is 332 g/mol. The van der Waals surface area contributed by atoms with Crippen LogP contribution < -0.4 is 5.32 Å². The zero-order valence-electron chi connectivity index (χ0n) is 13.7. The van der Waals surface area contributed by atoms with Crippen molar-refractivity contribution in [2.75, 3.05) is 6.54 Å². The van der Waals surface area contributed by atoms with Crippen LogP contribution in [0.5, 0.6) is 5.75 Å². The number of unbranched alkanes of at least 4 members (excludes halogenated alkanes) is 3. The van der Waals surface area contributed by atoms with Crippen LogP contribution in [0.4, 0.5) is 0 Å². The van der Waals surface area contributed by atoms with Gasteiger partial charge >= 0.3 is 5.97 Å². The topological polar surface area (TPSA) is 102 Å². The van der Waals surface area contributed by atoms with Crippen molar-refractivity contribution in [2.45, 2.75) is 44.9 Å². The van der Waals surface area contributed by atoms with Gasteiger partial charge in [-0.15, -0.1) is 0 Å². The smallest absolute Gasteiger partial charge is 0.303 e. The number of aromatic amines is 1. The molecule has 0 aliphatic carbocycles. The van der Waals surface area contributed by atoms with Crippen molar-refractivity contribution in [3.63, 3.8) is 0 Å². The molecule has 2 aromatic rings. The molecule has 1 heterocycles. The number of hydrogen-bond donors (Lipinski definition) is 4. The van der Waals surface area contributed by atoms with Crippen molar-refractivity contribution >= 4 is 22.8 Å². The summed E-state index contributed by atoms with van der Waals surface area (Å²) < 4.78 is 0. The van der Waals surface area contributed by atoms with Crippen LogP contribution in [0.3, 0.4) is 0 Å². The van der Waals surface area contributed by atoms with Gasteiger partial charge in [-0.3, -0.25) is 9.59 Å². The van der Waals surface area contributed by atoms with Gasteiger partial charge in [-0.2, -0.15) is 0 Å². The Bertz CT molecular complexity index is 693. The lowest BCUT2D eigenvalue weighted by Crippen LogP contribution is -2.25. The Morgan fingerprint density at radius 3 is 2.58 bits per heavy atom. The largest absolute Gasteiger partial charge is 0.508 e. The molecule has 0 unspecified atom stereocenters. The first-order valence-electron chi connectivity index (χ1n) is 8.34. The Balaban J connectivity index is 1.63. The molecule has 6 heteroatoms. The van der Waals surface area contributed by atoms with E-state index in [9.17, 15) is 14.7 Å². The first-order chi connectivity index (χ1) is 11.6. The molecule has 1 amide bonds. The Morgan fingerprint density at radius 2 is 1.83 bits per heavy atom. The summed E-state index contributed by atoms with van der Waals surface area (Å²) in [6.07, 6.45) is 6.46. The van der Waals surface area contributed by atoms with Crippen molar-refractivity contribution < 1.29 is 19.8 Å². The van der Waals surface area contributed by atoms with Gasteiger partial charge in [-0.1, -0.05) is 12.8 Å². The Hall–Kier alpha value is -2.50. The highest BCUT2D eigenvalue weighted by molar-refractivity contribution is 5.84. The highest BCUT2D eigenvalue weighted by Crippen LogP contribution is 2.23. The van der Waals surface area contributed by atoms with Crippen LogP contribution >= 0.6 is 0 Å². The molecule has 130 valence electrons. The molecular weight excluding hydrogens is 308 g/mol. The fourth-order valence-corrected chi connectivity index (χ4v) is 2.71. The number of aromatic hydroxyl groups is 1. The summed E-state index contributed by atoms with van der Waals surface area (Å²) in [5.74, 6) is -0.510. The van der Waals surface area contributed by atoms with Crippen LogP contribution in [0.1, 0.15) is 44.1 Å². The summed E-state index contributed by atoms with van der Waals surface area (Å²) in [5, 5.41) is 22.0. The Labute approximate surface area is 140 Å². The number of rotatable bonds is 10. The van der Waals surface area contributed by atoms with E-state index in [4.69, 9.17) is 5.11 Å². The fourth-order valence-electron chi connectivity index (χ4n) is 2.71. The van der Waals surface area contributed by atoms with Gasteiger partial charge in [0.1, 0.15) is 5.75 Å². The lowest BCUT2D eigenvalue weighted by atomic mass is 10.1. The minimum atomic E-state index is -0.765. The van der Waals surface area contributed by atoms with Crippen molar-refractivity contribution in [1.29, 1.82) is 0 Å². The maximum atomic E-state index is 11.8. The number of aromatic nitrogens is 1. The molecule has 0 aliphatic heterocycles. The van der Waals surface area contributed by atoms with Crippen LogP contribution in [-0.2, 0) is 16.0 Å². The number of H-pyrrole nitrogens is 1. The van der Waals surface area contributed by atoms with Crippen LogP contribution in [0.2, 0.25) is 0 Å². The maximum Gasteiger partial charge on any atom is 0.303 e. The van der Waals surface area contributed by atoms with E-state index in [1.165, 1.54) is 0 Å². The van der Waals surface area contributed by atoms with Crippen molar-refractivity contribution in [1.82, 2.24) is 10.3 Å². The van der Waals surface area contributed by atoms with Gasteiger partial charge in [0, 0.05) is 36.5 Å². The Kier molecular flexibility index (Phi) is 6.66. The van der Waals surface area contributed by atoms with E-state index >= 15 is 0 Å². The standard InChI is InChI=1S/C18H24N2O4/c21-14-7-8-16-15(11-14)13(12-20-16)9-10-19-17(22)5-3-1-2-4-6-18(23)24/h7-8,11-12,20-21H,1-6,9-10H2,(H,19,22)(H,23,24). The summed E-state index contributed by atoms with van der Waals surface area (Å²) in [6, 6.07) is 5.19. The summed E-state index contributed by atoms with van der Waals surface area (Å²) in [6.45, 7) is 0.556. The van der Waals surface area contributed by atoms with Gasteiger partial charge in [0.05, 0.1) is 0 Å². The third-order valence-corrected chi connectivity index (χ3v) is 4.01. The SMILES string of the molecule is O=C(O)CCCCCCC(=O)NCCc1c[nH]c2ccc(O)cc12. The number of phenolic OH excluding ortho intramolecular Hbond substituents is 1. The van der Waals surface area contributed by atoms with Crippen molar-refractivity contribution in [3.05, 3.63) is 30.0 Å². The van der Waals surface area contributed by atoms with Crippen LogP contribution in [-0.4, -0.2) is 33.6 Å². The number of aliphatic carboxylic acids is 1. The van der Waals surface area contributed by atoms with Crippen molar-refractivity contribution in [3.8, 4) is 5.75 Å². The van der Waals surface area contributed by atoms with Crippen molar-refractivity contribution in [2.24, 2.45) is 0 Å². The maximum absolute atomic E-state index is 11.8. The number of carboxylic acids is 1. The molecule has 1 aromatic carbocycles. The van der Waals surface area contributed by atoms with Crippen LogP contribution in [0, 0.1) is 0 Å². The van der Waals surface area contributed by atoms with E-state index in [0.717, 1.165) is 35.7 Å². The van der Waals surface area contributed by atoms with Gasteiger partial charge in [0.2, 0.25) is 5.91 Å². The number of benzene rings is 1. The number of carboxylic acid groups (broad SMARTS) is 1. The number of amides is 1. The lowest BCUT2D eigenvalue weighted by molar-refractivity contribution is -0.137. The minimum absolute atomic E-state index is 0.0240. The first kappa shape index (κ1) is 17.8. The van der Waals surface area contributed by atoms with E-state index in [0.29, 0.717) is 25.8 Å². The molecule has 0 atom stereocenters.